The van der Waals surface area contributed by atoms with Gasteiger partial charge in [-0.2, -0.15) is 0 Å². The summed E-state index contributed by atoms with van der Waals surface area (Å²) in [6, 6.07) is -0.759. The number of aliphatic hydroxyl groups is 2. The molecule has 2 amide bonds. The van der Waals surface area contributed by atoms with Crippen LogP contribution in [0.15, 0.2) is 0 Å². The minimum atomic E-state index is -1.64. The second-order valence-corrected chi connectivity index (χ2v) is 1.94. The zero-order chi connectivity index (χ0) is 9.56. The number of carboxylic acid groups (broad SMARTS) is 1. The number of rotatable bonds is 4. The van der Waals surface area contributed by atoms with E-state index < -0.39 is 24.8 Å². The van der Waals surface area contributed by atoms with Gasteiger partial charge in [0, 0.05) is 0 Å². The lowest BCUT2D eigenvalue weighted by molar-refractivity contribution is -0.135. The first-order valence-corrected chi connectivity index (χ1v) is 3.12. The van der Waals surface area contributed by atoms with Gasteiger partial charge in [0.05, 0.1) is 6.54 Å². The standard InChI is InChI=1S/C5H10N2O5/c8-3(9)1-6-5(12)7-2-4(10)11/h3,8-9H,1-2H2,(H,10,11)(H2,6,7,12). The maximum Gasteiger partial charge on any atom is 0.323 e. The summed E-state index contributed by atoms with van der Waals surface area (Å²) in [5, 5.41) is 28.6. The van der Waals surface area contributed by atoms with E-state index in [1.54, 1.807) is 0 Å². The van der Waals surface area contributed by atoms with E-state index >= 15 is 0 Å². The third kappa shape index (κ3) is 6.78. The summed E-state index contributed by atoms with van der Waals surface area (Å²) in [7, 11) is 0. The maximum atomic E-state index is 10.5. The van der Waals surface area contributed by atoms with E-state index in [0.717, 1.165) is 0 Å². The summed E-state index contributed by atoms with van der Waals surface area (Å²) in [6.07, 6.45) is -1.64. The normalized spacial score (nSPS) is 9.58. The fourth-order valence-electron chi connectivity index (χ4n) is 0.402. The predicted octanol–water partition coefficient (Wildman–Crippen LogP) is -2.32. The highest BCUT2D eigenvalue weighted by Crippen LogP contribution is 1.70. The summed E-state index contributed by atoms with van der Waals surface area (Å²) in [5.41, 5.74) is 0. The molecule has 70 valence electrons. The number of carbonyl (C=O) groups excluding carboxylic acids is 1. The molecule has 0 saturated carbocycles. The Morgan fingerprint density at radius 3 is 2.25 bits per heavy atom. The minimum Gasteiger partial charge on any atom is -0.480 e. The molecule has 0 rings (SSSR count). The van der Waals surface area contributed by atoms with E-state index in [1.165, 1.54) is 0 Å². The van der Waals surface area contributed by atoms with Crippen LogP contribution in [0.1, 0.15) is 0 Å². The Kier molecular flexibility index (Phi) is 4.73. The van der Waals surface area contributed by atoms with E-state index in [9.17, 15) is 9.59 Å². The Hall–Kier alpha value is -1.34. The van der Waals surface area contributed by atoms with Crippen LogP contribution in [-0.4, -0.2) is 46.7 Å². The van der Waals surface area contributed by atoms with Gasteiger partial charge in [-0.1, -0.05) is 0 Å². The fraction of sp³-hybridized carbons (Fsp3) is 0.600. The van der Waals surface area contributed by atoms with Gasteiger partial charge in [-0.05, 0) is 0 Å². The third-order valence-electron chi connectivity index (χ3n) is 0.845. The fourth-order valence-corrected chi connectivity index (χ4v) is 0.402. The van der Waals surface area contributed by atoms with Crippen molar-refractivity contribution in [1.29, 1.82) is 0 Å². The zero-order valence-corrected chi connectivity index (χ0v) is 6.15. The first-order chi connectivity index (χ1) is 5.52. The number of amides is 2. The first kappa shape index (κ1) is 10.7. The van der Waals surface area contributed by atoms with Crippen molar-refractivity contribution in [3.8, 4) is 0 Å². The van der Waals surface area contributed by atoms with Crippen LogP contribution < -0.4 is 10.6 Å². The molecule has 0 aromatic carbocycles. The number of hydrogen-bond donors (Lipinski definition) is 5. The molecule has 0 aliphatic carbocycles. The molecule has 0 atom stereocenters. The summed E-state index contributed by atoms with van der Waals surface area (Å²) in [4.78, 5) is 20.4. The molecule has 7 heteroatoms. The lowest BCUT2D eigenvalue weighted by atomic mass is 10.6. The third-order valence-corrected chi connectivity index (χ3v) is 0.845. The summed E-state index contributed by atoms with van der Waals surface area (Å²) in [5.74, 6) is -1.17. The van der Waals surface area contributed by atoms with Crippen molar-refractivity contribution in [2.45, 2.75) is 6.29 Å². The molecule has 0 aliphatic heterocycles. The van der Waals surface area contributed by atoms with E-state index in [0.29, 0.717) is 0 Å². The second-order valence-electron chi connectivity index (χ2n) is 1.94. The number of aliphatic carboxylic acids is 1. The molecule has 5 N–H and O–H groups in total. The molecule has 0 spiro atoms. The van der Waals surface area contributed by atoms with E-state index in [-0.39, 0.29) is 6.54 Å². The second kappa shape index (κ2) is 5.33. The van der Waals surface area contributed by atoms with E-state index in [2.05, 4.69) is 0 Å². The Morgan fingerprint density at radius 1 is 1.25 bits per heavy atom. The van der Waals surface area contributed by atoms with Crippen LogP contribution in [0, 0.1) is 0 Å². The molecule has 0 saturated heterocycles. The molecule has 0 aromatic heterocycles. The van der Waals surface area contributed by atoms with Crippen LogP contribution in [0.2, 0.25) is 0 Å². The minimum absolute atomic E-state index is 0.342. The molecule has 0 heterocycles. The van der Waals surface area contributed by atoms with Gasteiger partial charge in [0.2, 0.25) is 0 Å². The van der Waals surface area contributed by atoms with Crippen LogP contribution in [-0.2, 0) is 4.79 Å². The van der Waals surface area contributed by atoms with Crippen molar-refractivity contribution in [2.24, 2.45) is 0 Å². The number of aliphatic hydroxyl groups excluding tert-OH is 1. The van der Waals surface area contributed by atoms with Crippen molar-refractivity contribution in [2.75, 3.05) is 13.1 Å². The SMILES string of the molecule is O=C(O)CNC(=O)NCC(O)O. The van der Waals surface area contributed by atoms with Crippen molar-refractivity contribution < 1.29 is 24.9 Å². The van der Waals surface area contributed by atoms with Gasteiger partial charge in [0.25, 0.3) is 0 Å². The Morgan fingerprint density at radius 2 is 1.83 bits per heavy atom. The molecular weight excluding hydrogens is 168 g/mol. The van der Waals surface area contributed by atoms with Gasteiger partial charge in [0.1, 0.15) is 6.54 Å². The molecule has 12 heavy (non-hydrogen) atoms. The number of nitrogens with one attached hydrogen (secondary N) is 2. The van der Waals surface area contributed by atoms with Gasteiger partial charge < -0.3 is 26.0 Å². The van der Waals surface area contributed by atoms with Crippen LogP contribution in [0.25, 0.3) is 0 Å². The Labute approximate surface area is 68.0 Å². The van der Waals surface area contributed by atoms with Gasteiger partial charge >= 0.3 is 12.0 Å². The van der Waals surface area contributed by atoms with Crippen LogP contribution in [0.3, 0.4) is 0 Å². The molecular formula is C5H10N2O5. The number of carboxylic acids is 1. The average molecular weight is 178 g/mol. The topological polar surface area (TPSA) is 119 Å². The van der Waals surface area contributed by atoms with E-state index in [4.69, 9.17) is 15.3 Å². The van der Waals surface area contributed by atoms with Gasteiger partial charge in [-0.25, -0.2) is 4.79 Å². The van der Waals surface area contributed by atoms with Gasteiger partial charge in [-0.3, -0.25) is 4.79 Å². The molecule has 0 radical (unpaired) electrons. The van der Waals surface area contributed by atoms with Gasteiger partial charge in [-0.15, -0.1) is 0 Å². The molecule has 0 bridgehead atoms. The lowest BCUT2D eigenvalue weighted by Gasteiger charge is -2.06. The lowest BCUT2D eigenvalue weighted by Crippen LogP contribution is -2.41. The summed E-state index contributed by atoms with van der Waals surface area (Å²) in [6.45, 7) is -0.848. The molecule has 0 fully saturated rings. The highest BCUT2D eigenvalue weighted by atomic mass is 16.5. The maximum absolute atomic E-state index is 10.5. The smallest absolute Gasteiger partial charge is 0.323 e. The highest BCUT2D eigenvalue weighted by Gasteiger charge is 2.03. The first-order valence-electron chi connectivity index (χ1n) is 3.12. The van der Waals surface area contributed by atoms with Crippen molar-refractivity contribution in [1.82, 2.24) is 10.6 Å². The van der Waals surface area contributed by atoms with Crippen molar-refractivity contribution in [3.05, 3.63) is 0 Å². The van der Waals surface area contributed by atoms with Crippen LogP contribution in [0.5, 0.6) is 0 Å². The largest absolute Gasteiger partial charge is 0.480 e. The van der Waals surface area contributed by atoms with Crippen molar-refractivity contribution >= 4 is 12.0 Å². The number of urea groups is 1. The van der Waals surface area contributed by atoms with Crippen LogP contribution >= 0.6 is 0 Å². The van der Waals surface area contributed by atoms with E-state index in [1.807, 2.05) is 10.6 Å². The zero-order valence-electron chi connectivity index (χ0n) is 6.15. The molecule has 0 unspecified atom stereocenters. The average Bonchev–Trinajstić information content (AvgIpc) is 1.96. The molecule has 7 nitrogen and oxygen atoms in total. The monoisotopic (exact) mass is 178 g/mol. The van der Waals surface area contributed by atoms with Crippen molar-refractivity contribution in [3.63, 3.8) is 0 Å². The number of hydrogen-bond acceptors (Lipinski definition) is 4. The summed E-state index contributed by atoms with van der Waals surface area (Å²) < 4.78 is 0. The quantitative estimate of drug-likeness (QED) is 0.310. The molecule has 0 aromatic rings. The summed E-state index contributed by atoms with van der Waals surface area (Å²) >= 11 is 0. The Balaban J connectivity index is 3.40. The number of carbonyl (C=O) groups is 2. The van der Waals surface area contributed by atoms with Crippen LogP contribution in [0.4, 0.5) is 4.79 Å². The molecule has 0 aliphatic rings. The Bertz CT molecular complexity index is 169. The highest BCUT2D eigenvalue weighted by molar-refractivity contribution is 5.79. The predicted molar refractivity (Wildman–Crippen MR) is 37.3 cm³/mol. The van der Waals surface area contributed by atoms with Gasteiger partial charge in [0.15, 0.2) is 6.29 Å².